The molecule has 1 aromatic heterocycles. The van der Waals surface area contributed by atoms with Crippen molar-refractivity contribution in [3.8, 4) is 0 Å². The number of amides is 1. The molecule has 5 nitrogen and oxygen atoms in total. The zero-order chi connectivity index (χ0) is 15.6. The van der Waals surface area contributed by atoms with Crippen molar-refractivity contribution in [2.24, 2.45) is 5.73 Å². The first kappa shape index (κ1) is 15.5. The molecule has 0 saturated carbocycles. The van der Waals surface area contributed by atoms with Crippen LogP contribution in [0.5, 0.6) is 0 Å². The quantitative estimate of drug-likeness (QED) is 0.851. The molecule has 0 fully saturated rings. The summed E-state index contributed by atoms with van der Waals surface area (Å²) in [6.07, 6.45) is 0. The van der Waals surface area contributed by atoms with Crippen molar-refractivity contribution < 1.29 is 14.3 Å². The number of esters is 1. The number of thiophene rings is 1. The fourth-order valence-electron chi connectivity index (χ4n) is 1.72. The lowest BCUT2D eigenvalue weighted by molar-refractivity contribution is -0.120. The molecule has 0 spiro atoms. The third-order valence-corrected chi connectivity index (χ3v) is 3.93. The van der Waals surface area contributed by atoms with Gasteiger partial charge in [-0.2, -0.15) is 0 Å². The molecule has 0 unspecified atom stereocenters. The molecule has 6 heteroatoms. The van der Waals surface area contributed by atoms with Crippen molar-refractivity contribution in [1.82, 2.24) is 0 Å². The third kappa shape index (κ3) is 3.59. The van der Waals surface area contributed by atoms with Crippen LogP contribution in [0.25, 0.3) is 10.1 Å². The predicted molar refractivity (Wildman–Crippen MR) is 84.7 cm³/mol. The maximum Gasteiger partial charge on any atom is 0.348 e. The van der Waals surface area contributed by atoms with E-state index in [1.54, 1.807) is 32.9 Å². The molecule has 0 aliphatic heterocycles. The van der Waals surface area contributed by atoms with Crippen molar-refractivity contribution in [3.63, 3.8) is 0 Å². The average Bonchev–Trinajstić information content (AvgIpc) is 2.81. The van der Waals surface area contributed by atoms with Gasteiger partial charge >= 0.3 is 5.97 Å². The molecular formula is C15H18N2O3S. The number of hydrogen-bond donors (Lipinski definition) is 2. The average molecular weight is 306 g/mol. The summed E-state index contributed by atoms with van der Waals surface area (Å²) < 4.78 is 5.94. The number of ether oxygens (including phenoxy) is 1. The minimum atomic E-state index is -0.945. The normalized spacial score (nSPS) is 11.4. The lowest BCUT2D eigenvalue weighted by Crippen LogP contribution is -2.45. The van der Waals surface area contributed by atoms with E-state index in [2.05, 4.69) is 5.32 Å². The number of benzene rings is 1. The number of hydrogen-bond acceptors (Lipinski definition) is 5. The number of fused-ring (bicyclic) bond motifs is 1. The largest absolute Gasteiger partial charge is 0.462 e. The van der Waals surface area contributed by atoms with Gasteiger partial charge in [-0.05, 0) is 50.4 Å². The lowest BCUT2D eigenvalue weighted by Gasteiger charge is -2.17. The standard InChI is InChI=1S/C15H18N2O3S/c1-4-20-13(18)12-8-9-7-10(5-6-11(9)21-12)17-14(19)15(2,3)16/h5-8H,4,16H2,1-3H3,(H,17,19). The molecule has 2 aromatic rings. The Balaban J connectivity index is 2.26. The van der Waals surface area contributed by atoms with Crippen molar-refractivity contribution >= 4 is 39.0 Å². The smallest absolute Gasteiger partial charge is 0.348 e. The molecule has 2 rings (SSSR count). The molecule has 0 aliphatic rings. The summed E-state index contributed by atoms with van der Waals surface area (Å²) in [4.78, 5) is 24.1. The first-order valence-corrected chi connectivity index (χ1v) is 7.44. The summed E-state index contributed by atoms with van der Waals surface area (Å²) in [5.41, 5.74) is 5.45. The van der Waals surface area contributed by atoms with E-state index in [4.69, 9.17) is 10.5 Å². The Morgan fingerprint density at radius 2 is 2.05 bits per heavy atom. The van der Waals surface area contributed by atoms with Crippen molar-refractivity contribution in [3.05, 3.63) is 29.1 Å². The van der Waals surface area contributed by atoms with Gasteiger partial charge in [0, 0.05) is 10.4 Å². The topological polar surface area (TPSA) is 81.4 Å². The van der Waals surface area contributed by atoms with E-state index < -0.39 is 5.54 Å². The van der Waals surface area contributed by atoms with Gasteiger partial charge in [0.25, 0.3) is 0 Å². The van der Waals surface area contributed by atoms with E-state index in [1.807, 2.05) is 12.1 Å². The van der Waals surface area contributed by atoms with E-state index in [0.29, 0.717) is 17.2 Å². The summed E-state index contributed by atoms with van der Waals surface area (Å²) >= 11 is 1.37. The van der Waals surface area contributed by atoms with Crippen LogP contribution in [0, 0.1) is 0 Å². The van der Waals surface area contributed by atoms with Crippen LogP contribution in [0.1, 0.15) is 30.4 Å². The molecule has 3 N–H and O–H groups in total. The number of carbonyl (C=O) groups excluding carboxylic acids is 2. The maximum atomic E-state index is 11.9. The van der Waals surface area contributed by atoms with E-state index in [0.717, 1.165) is 10.1 Å². The monoisotopic (exact) mass is 306 g/mol. The van der Waals surface area contributed by atoms with Crippen LogP contribution in [0.2, 0.25) is 0 Å². The second-order valence-electron chi connectivity index (χ2n) is 5.26. The molecule has 1 heterocycles. The van der Waals surface area contributed by atoms with E-state index in [-0.39, 0.29) is 11.9 Å². The fraction of sp³-hybridized carbons (Fsp3) is 0.333. The third-order valence-electron chi connectivity index (χ3n) is 2.84. The van der Waals surface area contributed by atoms with Gasteiger partial charge in [0.15, 0.2) is 0 Å². The Morgan fingerprint density at radius 1 is 1.33 bits per heavy atom. The zero-order valence-corrected chi connectivity index (χ0v) is 13.0. The SMILES string of the molecule is CCOC(=O)c1cc2cc(NC(=O)C(C)(C)N)ccc2s1. The van der Waals surface area contributed by atoms with Gasteiger partial charge in [-0.25, -0.2) is 4.79 Å². The molecule has 112 valence electrons. The molecular weight excluding hydrogens is 288 g/mol. The van der Waals surface area contributed by atoms with E-state index in [9.17, 15) is 9.59 Å². The molecule has 1 amide bonds. The van der Waals surface area contributed by atoms with Gasteiger partial charge in [-0.1, -0.05) is 0 Å². The minimum Gasteiger partial charge on any atom is -0.462 e. The number of nitrogens with two attached hydrogens (primary N) is 1. The Kier molecular flexibility index (Phi) is 4.29. The summed E-state index contributed by atoms with van der Waals surface area (Å²) in [7, 11) is 0. The van der Waals surface area contributed by atoms with Crippen LogP contribution in [-0.4, -0.2) is 24.0 Å². The van der Waals surface area contributed by atoms with Gasteiger partial charge in [0.1, 0.15) is 4.88 Å². The number of nitrogens with one attached hydrogen (secondary N) is 1. The number of rotatable bonds is 4. The first-order valence-electron chi connectivity index (χ1n) is 6.62. The summed E-state index contributed by atoms with van der Waals surface area (Å²) in [6.45, 7) is 5.40. The van der Waals surface area contributed by atoms with E-state index >= 15 is 0 Å². The van der Waals surface area contributed by atoms with Gasteiger partial charge in [0.05, 0.1) is 12.1 Å². The summed E-state index contributed by atoms with van der Waals surface area (Å²) in [6, 6.07) is 7.23. The summed E-state index contributed by atoms with van der Waals surface area (Å²) in [5, 5.41) is 3.65. The van der Waals surface area contributed by atoms with Crippen LogP contribution >= 0.6 is 11.3 Å². The van der Waals surface area contributed by atoms with Crippen molar-refractivity contribution in [1.29, 1.82) is 0 Å². The number of carbonyl (C=O) groups is 2. The molecule has 1 aromatic carbocycles. The van der Waals surface area contributed by atoms with E-state index in [1.165, 1.54) is 11.3 Å². The minimum absolute atomic E-state index is 0.261. The Hall–Kier alpha value is -1.92. The molecule has 0 saturated heterocycles. The molecule has 0 bridgehead atoms. The Labute approximate surface area is 127 Å². The fourth-order valence-corrected chi connectivity index (χ4v) is 2.65. The van der Waals surface area contributed by atoms with Crippen LogP contribution in [0.4, 0.5) is 5.69 Å². The second kappa shape index (κ2) is 5.83. The van der Waals surface area contributed by atoms with Gasteiger partial charge in [-0.3, -0.25) is 4.79 Å². The first-order chi connectivity index (χ1) is 9.81. The van der Waals surface area contributed by atoms with Crippen LogP contribution in [0.15, 0.2) is 24.3 Å². The molecule has 0 radical (unpaired) electrons. The lowest BCUT2D eigenvalue weighted by atomic mass is 10.1. The highest BCUT2D eigenvalue weighted by atomic mass is 32.1. The highest BCUT2D eigenvalue weighted by Crippen LogP contribution is 2.28. The molecule has 0 aliphatic carbocycles. The predicted octanol–water partition coefficient (Wildman–Crippen LogP) is 2.75. The highest BCUT2D eigenvalue weighted by Gasteiger charge is 2.22. The van der Waals surface area contributed by atoms with Gasteiger partial charge in [0.2, 0.25) is 5.91 Å². The van der Waals surface area contributed by atoms with Crippen LogP contribution in [-0.2, 0) is 9.53 Å². The van der Waals surface area contributed by atoms with Gasteiger partial charge in [-0.15, -0.1) is 11.3 Å². The zero-order valence-electron chi connectivity index (χ0n) is 12.2. The Bertz CT molecular complexity index is 686. The van der Waals surface area contributed by atoms with Crippen LogP contribution in [0.3, 0.4) is 0 Å². The highest BCUT2D eigenvalue weighted by molar-refractivity contribution is 7.20. The van der Waals surface area contributed by atoms with Crippen molar-refractivity contribution in [2.75, 3.05) is 11.9 Å². The summed E-state index contributed by atoms with van der Waals surface area (Å²) in [5.74, 6) is -0.588. The molecule has 0 atom stereocenters. The second-order valence-corrected chi connectivity index (χ2v) is 6.34. The number of anilines is 1. The molecule has 21 heavy (non-hydrogen) atoms. The van der Waals surface area contributed by atoms with Crippen LogP contribution < -0.4 is 11.1 Å². The van der Waals surface area contributed by atoms with Crippen molar-refractivity contribution in [2.45, 2.75) is 26.3 Å². The maximum absolute atomic E-state index is 11.9. The Morgan fingerprint density at radius 3 is 2.67 bits per heavy atom. The van der Waals surface area contributed by atoms with Gasteiger partial charge < -0.3 is 15.8 Å².